The Kier molecular flexibility index (Phi) is 6.38. The molecule has 3 aliphatic rings. The summed E-state index contributed by atoms with van der Waals surface area (Å²) in [6, 6.07) is 2.20. The number of anilines is 2. The summed E-state index contributed by atoms with van der Waals surface area (Å²) in [6.45, 7) is 4.30. The van der Waals surface area contributed by atoms with Gasteiger partial charge >= 0.3 is 12.2 Å². The Labute approximate surface area is 236 Å². The third kappa shape index (κ3) is 4.39. The minimum atomic E-state index is -4.98. The maximum atomic E-state index is 16.6. The van der Waals surface area contributed by atoms with E-state index < -0.39 is 40.5 Å². The Hall–Kier alpha value is -3.78. The van der Waals surface area contributed by atoms with Crippen molar-refractivity contribution in [3.8, 4) is 17.1 Å². The number of oxazole rings is 1. The molecule has 0 atom stereocenters. The van der Waals surface area contributed by atoms with E-state index in [0.717, 1.165) is 57.0 Å². The second-order valence-corrected chi connectivity index (χ2v) is 11.1. The summed E-state index contributed by atoms with van der Waals surface area (Å²) in [5.41, 5.74) is 1.88. The highest BCUT2D eigenvalue weighted by Crippen LogP contribution is 2.46. The number of aromatic nitrogens is 3. The number of nitrogen functional groups attached to an aromatic ring is 1. The van der Waals surface area contributed by atoms with Crippen molar-refractivity contribution in [1.29, 1.82) is 0 Å². The molecule has 0 radical (unpaired) electrons. The largest absolute Gasteiger partial charge is 0.461 e. The molecule has 4 aromatic rings. The van der Waals surface area contributed by atoms with Gasteiger partial charge in [-0.15, -0.1) is 0 Å². The van der Waals surface area contributed by atoms with Crippen LogP contribution in [-0.2, 0) is 6.18 Å². The van der Waals surface area contributed by atoms with Gasteiger partial charge in [-0.3, -0.25) is 4.90 Å². The van der Waals surface area contributed by atoms with E-state index in [0.29, 0.717) is 32.8 Å². The van der Waals surface area contributed by atoms with Crippen LogP contribution >= 0.6 is 0 Å². The highest BCUT2D eigenvalue weighted by molar-refractivity contribution is 5.99. The first kappa shape index (κ1) is 27.1. The van der Waals surface area contributed by atoms with Gasteiger partial charge in [0.1, 0.15) is 23.5 Å². The number of rotatable bonds is 5. The van der Waals surface area contributed by atoms with Gasteiger partial charge in [-0.2, -0.15) is 28.1 Å². The van der Waals surface area contributed by atoms with Crippen LogP contribution in [0.3, 0.4) is 0 Å². The lowest BCUT2D eigenvalue weighted by Crippen LogP contribution is -2.44. The number of hydrogen-bond acceptors (Lipinski definition) is 9. The molecule has 0 saturated carbocycles. The summed E-state index contributed by atoms with van der Waals surface area (Å²) in [6.07, 6.45) is -0.972. The van der Waals surface area contributed by atoms with Crippen LogP contribution in [0.25, 0.3) is 33.1 Å². The maximum Gasteiger partial charge on any atom is 0.417 e. The van der Waals surface area contributed by atoms with Crippen LogP contribution < -0.4 is 20.7 Å². The van der Waals surface area contributed by atoms with Crippen LogP contribution in [0, 0.1) is 11.6 Å². The topological polar surface area (TPSA) is 106 Å². The number of hydrogen-bond donors (Lipinski definition) is 2. The number of ether oxygens (including phenoxy) is 1. The van der Waals surface area contributed by atoms with Crippen molar-refractivity contribution in [2.24, 2.45) is 0 Å². The smallest absolute Gasteiger partial charge is 0.417 e. The molecule has 7 rings (SSSR count). The Balaban J connectivity index is 1.43. The Bertz CT molecular complexity index is 1680. The molecule has 9 nitrogen and oxygen atoms in total. The lowest BCUT2D eigenvalue weighted by atomic mass is 9.95. The number of piperazine rings is 1. The van der Waals surface area contributed by atoms with Crippen LogP contribution in [0.1, 0.15) is 31.2 Å². The molecule has 14 heteroatoms. The first-order chi connectivity index (χ1) is 20.1. The molecule has 2 aromatic heterocycles. The lowest BCUT2D eigenvalue weighted by molar-refractivity contribution is -0.137. The fourth-order valence-corrected chi connectivity index (χ4v) is 6.71. The van der Waals surface area contributed by atoms with E-state index in [1.54, 1.807) is 4.90 Å². The predicted octanol–water partition coefficient (Wildman–Crippen LogP) is 4.73. The quantitative estimate of drug-likeness (QED) is 0.320. The first-order valence-electron chi connectivity index (χ1n) is 13.9. The van der Waals surface area contributed by atoms with Crippen LogP contribution in [0.2, 0.25) is 0 Å². The molecule has 0 spiro atoms. The van der Waals surface area contributed by atoms with Gasteiger partial charge in [-0.25, -0.2) is 8.78 Å². The molecule has 3 fully saturated rings. The Morgan fingerprint density at radius 2 is 1.74 bits per heavy atom. The number of nitrogens with zero attached hydrogens (tertiary/aromatic N) is 5. The molecule has 3 saturated heterocycles. The van der Waals surface area contributed by atoms with Crippen LogP contribution in [0.5, 0.6) is 6.01 Å². The molecular weight excluding hydrogens is 561 g/mol. The van der Waals surface area contributed by atoms with E-state index in [1.807, 2.05) is 0 Å². The second kappa shape index (κ2) is 9.90. The van der Waals surface area contributed by atoms with E-state index in [1.165, 1.54) is 0 Å². The van der Waals surface area contributed by atoms with Crippen molar-refractivity contribution in [3.63, 3.8) is 0 Å². The van der Waals surface area contributed by atoms with Crippen molar-refractivity contribution in [3.05, 3.63) is 35.4 Å². The zero-order valence-corrected chi connectivity index (χ0v) is 22.5. The molecule has 222 valence electrons. The van der Waals surface area contributed by atoms with Crippen molar-refractivity contribution in [2.45, 2.75) is 37.4 Å². The lowest BCUT2D eigenvalue weighted by Gasteiger charge is -2.32. The Morgan fingerprint density at radius 3 is 2.45 bits per heavy atom. The molecule has 5 heterocycles. The van der Waals surface area contributed by atoms with Gasteiger partial charge in [-0.05, 0) is 57.0 Å². The van der Waals surface area contributed by atoms with Gasteiger partial charge in [0.2, 0.25) is 0 Å². The highest BCUT2D eigenvalue weighted by atomic mass is 19.4. The highest BCUT2D eigenvalue weighted by Gasteiger charge is 2.45. The summed E-state index contributed by atoms with van der Waals surface area (Å²) in [5, 5.41) is 3.10. The number of alkyl halides is 3. The van der Waals surface area contributed by atoms with Crippen molar-refractivity contribution in [2.75, 3.05) is 56.5 Å². The van der Waals surface area contributed by atoms with Crippen molar-refractivity contribution in [1.82, 2.24) is 25.2 Å². The fourth-order valence-electron chi connectivity index (χ4n) is 6.71. The molecule has 0 aliphatic carbocycles. The van der Waals surface area contributed by atoms with Crippen LogP contribution in [-0.4, -0.2) is 71.3 Å². The number of fused-ring (bicyclic) bond motifs is 3. The molecular formula is C28H28F5N7O2. The number of benzene rings is 2. The minimum Gasteiger partial charge on any atom is -0.461 e. The van der Waals surface area contributed by atoms with Gasteiger partial charge < -0.3 is 25.1 Å². The number of halogens is 5. The van der Waals surface area contributed by atoms with Crippen LogP contribution in [0.4, 0.5) is 33.8 Å². The normalized spacial score (nSPS) is 19.2. The average molecular weight is 590 g/mol. The summed E-state index contributed by atoms with van der Waals surface area (Å²) in [4.78, 5) is 16.9. The van der Waals surface area contributed by atoms with Crippen molar-refractivity contribution < 1.29 is 31.1 Å². The summed E-state index contributed by atoms with van der Waals surface area (Å²) < 4.78 is 86.0. The zero-order chi connectivity index (χ0) is 29.2. The van der Waals surface area contributed by atoms with E-state index >= 15 is 4.39 Å². The fraction of sp³-hybridized carbons (Fsp3) is 0.464. The number of nitrogens with two attached hydrogens (primary N) is 1. The Morgan fingerprint density at radius 1 is 1.00 bits per heavy atom. The monoisotopic (exact) mass is 589 g/mol. The third-order valence-corrected chi connectivity index (χ3v) is 8.67. The van der Waals surface area contributed by atoms with Gasteiger partial charge in [0, 0.05) is 42.7 Å². The molecule has 0 unspecified atom stereocenters. The van der Waals surface area contributed by atoms with Gasteiger partial charge in [-0.1, -0.05) is 0 Å². The molecule has 2 aromatic carbocycles. The van der Waals surface area contributed by atoms with Crippen LogP contribution in [0.15, 0.2) is 22.6 Å². The van der Waals surface area contributed by atoms with Gasteiger partial charge in [0.25, 0.3) is 6.01 Å². The molecule has 3 aliphatic heterocycles. The van der Waals surface area contributed by atoms with E-state index in [-0.39, 0.29) is 39.4 Å². The predicted molar refractivity (Wildman–Crippen MR) is 145 cm³/mol. The second-order valence-electron chi connectivity index (χ2n) is 11.1. The molecule has 0 amide bonds. The SMILES string of the molecule is Nc1nc2c(-c3c(C(F)(F)F)cc4c(N5CCNCC5)nc(OCC56CCCN5CCC6)nc4c3F)ccc(F)c2o1. The average Bonchev–Trinajstić information content (AvgIpc) is 3.66. The minimum absolute atomic E-state index is 0.0997. The van der Waals surface area contributed by atoms with E-state index in [4.69, 9.17) is 14.9 Å². The standard InChI is InChI=1S/C28H28F5N7O2/c29-18-4-3-15(22-23(18)42-25(34)36-22)19-17(28(31,32)33)13-16-21(20(19)30)37-26(38-24(16)39-11-7-35-8-12-39)41-14-27-5-1-9-40(27)10-2-6-27/h3-4,13,35H,1-2,5-12,14H2,(H2,34,36). The van der Waals surface area contributed by atoms with Crippen molar-refractivity contribution >= 4 is 33.8 Å². The summed E-state index contributed by atoms with van der Waals surface area (Å²) in [5.74, 6) is -1.98. The third-order valence-electron chi connectivity index (χ3n) is 8.67. The summed E-state index contributed by atoms with van der Waals surface area (Å²) in [7, 11) is 0. The summed E-state index contributed by atoms with van der Waals surface area (Å²) >= 11 is 0. The van der Waals surface area contributed by atoms with Gasteiger partial charge in [0.05, 0.1) is 11.1 Å². The maximum absolute atomic E-state index is 16.6. The van der Waals surface area contributed by atoms with E-state index in [2.05, 4.69) is 25.2 Å². The molecule has 3 N–H and O–H groups in total. The molecule has 0 bridgehead atoms. The first-order valence-corrected chi connectivity index (χ1v) is 13.9. The van der Waals surface area contributed by atoms with E-state index in [9.17, 15) is 17.6 Å². The number of nitrogens with one attached hydrogen (secondary N) is 1. The molecule has 42 heavy (non-hydrogen) atoms. The van der Waals surface area contributed by atoms with Gasteiger partial charge in [0.15, 0.2) is 17.2 Å². The zero-order valence-electron chi connectivity index (χ0n) is 22.5.